The van der Waals surface area contributed by atoms with E-state index in [4.69, 9.17) is 20.8 Å². The van der Waals surface area contributed by atoms with E-state index < -0.39 is 11.4 Å². The fourth-order valence-corrected chi connectivity index (χ4v) is 6.49. The normalized spacial score (nSPS) is 17.2. The Labute approximate surface area is 252 Å². The van der Waals surface area contributed by atoms with Gasteiger partial charge in [-0.3, -0.25) is 14.4 Å². The molecule has 2 amide bonds. The van der Waals surface area contributed by atoms with Crippen molar-refractivity contribution in [3.63, 3.8) is 0 Å². The highest BCUT2D eigenvalue weighted by molar-refractivity contribution is 6.30. The largest absolute Gasteiger partial charge is 0.497 e. The van der Waals surface area contributed by atoms with Crippen LogP contribution in [0.3, 0.4) is 0 Å². The molecule has 7 rings (SSSR count). The summed E-state index contributed by atoms with van der Waals surface area (Å²) in [5.74, 6) is -0.226. The minimum atomic E-state index is -1.68. The van der Waals surface area contributed by atoms with Gasteiger partial charge in [-0.1, -0.05) is 65.7 Å². The Morgan fingerprint density at radius 2 is 1.60 bits per heavy atom. The first kappa shape index (κ1) is 27.0. The molecule has 7 nitrogen and oxygen atoms in total. The summed E-state index contributed by atoms with van der Waals surface area (Å²) >= 11 is 6.13. The highest BCUT2D eigenvalue weighted by atomic mass is 35.5. The molecule has 3 heterocycles. The number of ether oxygens (including phenoxy) is 1. The van der Waals surface area contributed by atoms with Gasteiger partial charge in [-0.05, 0) is 66.9 Å². The van der Waals surface area contributed by atoms with Gasteiger partial charge in [0.1, 0.15) is 11.3 Å². The van der Waals surface area contributed by atoms with Crippen LogP contribution in [-0.4, -0.2) is 30.4 Å². The third-order valence-electron chi connectivity index (χ3n) is 8.43. The molecule has 0 radical (unpaired) electrons. The van der Waals surface area contributed by atoms with Crippen LogP contribution in [0.25, 0.3) is 11.0 Å². The van der Waals surface area contributed by atoms with Crippen molar-refractivity contribution in [2.45, 2.75) is 25.4 Å². The van der Waals surface area contributed by atoms with E-state index in [2.05, 4.69) is 0 Å². The van der Waals surface area contributed by atoms with Crippen LogP contribution in [0.15, 0.2) is 100 Å². The van der Waals surface area contributed by atoms with Gasteiger partial charge in [0.2, 0.25) is 5.76 Å². The van der Waals surface area contributed by atoms with E-state index in [0.29, 0.717) is 33.7 Å². The summed E-state index contributed by atoms with van der Waals surface area (Å²) in [5, 5.41) is 0.928. The lowest BCUT2D eigenvalue weighted by atomic mass is 9.83. The summed E-state index contributed by atoms with van der Waals surface area (Å²) < 4.78 is 11.5. The molecule has 214 valence electrons. The first-order valence-electron chi connectivity index (χ1n) is 14.0. The maximum Gasteiger partial charge on any atom is 0.291 e. The standard InChI is InChI=1S/C35H27ClN2O5/c1-21-7-16-29-26(19-21)31(39)30-32(43-29)33(40)38(18-17-22-10-14-25(42-2)15-11-22)35(30)27-5-3-4-6-28(27)37(34(35)41)20-23-8-12-24(36)13-9-23/h3-16,19H,17-18,20H2,1-2H3. The maximum absolute atomic E-state index is 14.9. The van der Waals surface area contributed by atoms with E-state index in [1.165, 1.54) is 4.90 Å². The van der Waals surface area contributed by atoms with E-state index in [9.17, 15) is 14.4 Å². The number of carbonyl (C=O) groups excluding carboxylic acids is 2. The molecule has 1 unspecified atom stereocenters. The molecule has 2 aliphatic heterocycles. The number of halogens is 1. The molecule has 1 aromatic heterocycles. The number of anilines is 1. The SMILES string of the molecule is COc1ccc(CCN2C(=O)c3oc4ccc(C)cc4c(=O)c3C23C(=O)N(Cc2ccc(Cl)cc2)c2ccccc23)cc1. The highest BCUT2D eigenvalue weighted by Crippen LogP contribution is 2.53. The molecule has 1 spiro atoms. The number of aryl methyl sites for hydroxylation is 1. The van der Waals surface area contributed by atoms with Crippen LogP contribution < -0.4 is 15.1 Å². The Balaban J connectivity index is 1.43. The number of amides is 2. The Morgan fingerprint density at radius 1 is 0.884 bits per heavy atom. The fraction of sp³-hybridized carbons (Fsp3) is 0.171. The summed E-state index contributed by atoms with van der Waals surface area (Å²) in [6.07, 6.45) is 0.449. The maximum atomic E-state index is 14.9. The number of methoxy groups -OCH3 is 1. The smallest absolute Gasteiger partial charge is 0.291 e. The van der Waals surface area contributed by atoms with Crippen molar-refractivity contribution in [3.8, 4) is 5.75 Å². The summed E-state index contributed by atoms with van der Waals surface area (Å²) in [5.41, 5.74) is 2.23. The zero-order chi connectivity index (χ0) is 29.9. The summed E-state index contributed by atoms with van der Waals surface area (Å²) in [6.45, 7) is 2.31. The molecular weight excluding hydrogens is 564 g/mol. The number of hydrogen-bond donors (Lipinski definition) is 0. The van der Waals surface area contributed by atoms with Gasteiger partial charge < -0.3 is 19.0 Å². The van der Waals surface area contributed by atoms with Gasteiger partial charge in [-0.15, -0.1) is 0 Å². The van der Waals surface area contributed by atoms with Crippen molar-refractivity contribution in [2.75, 3.05) is 18.6 Å². The average molecular weight is 591 g/mol. The number of hydrogen-bond acceptors (Lipinski definition) is 5. The average Bonchev–Trinajstić information content (AvgIpc) is 3.41. The van der Waals surface area contributed by atoms with Crippen LogP contribution in [-0.2, 0) is 23.3 Å². The molecule has 0 bridgehead atoms. The minimum absolute atomic E-state index is 0.0707. The van der Waals surface area contributed by atoms with E-state index in [0.717, 1.165) is 22.4 Å². The van der Waals surface area contributed by atoms with Gasteiger partial charge in [0.25, 0.3) is 11.8 Å². The number of para-hydroxylation sites is 1. The Kier molecular flexibility index (Phi) is 6.36. The van der Waals surface area contributed by atoms with Crippen LogP contribution in [0, 0.1) is 6.92 Å². The molecule has 0 saturated heterocycles. The van der Waals surface area contributed by atoms with E-state index in [-0.39, 0.29) is 35.7 Å². The van der Waals surface area contributed by atoms with Crippen molar-refractivity contribution < 1.29 is 18.7 Å². The van der Waals surface area contributed by atoms with Crippen LogP contribution >= 0.6 is 11.6 Å². The molecule has 0 N–H and O–H groups in total. The number of fused-ring (bicyclic) bond motifs is 5. The fourth-order valence-electron chi connectivity index (χ4n) is 6.37. The molecular formula is C35H27ClN2O5. The lowest BCUT2D eigenvalue weighted by Crippen LogP contribution is -2.53. The van der Waals surface area contributed by atoms with Gasteiger partial charge in [0, 0.05) is 17.1 Å². The van der Waals surface area contributed by atoms with Crippen LogP contribution in [0.2, 0.25) is 5.02 Å². The van der Waals surface area contributed by atoms with Gasteiger partial charge >= 0.3 is 0 Å². The summed E-state index contributed by atoms with van der Waals surface area (Å²) in [6, 6.07) is 27.5. The third-order valence-corrected chi connectivity index (χ3v) is 8.68. The second-order valence-corrected chi connectivity index (χ2v) is 11.4. The zero-order valence-electron chi connectivity index (χ0n) is 23.6. The lowest BCUT2D eigenvalue weighted by Gasteiger charge is -2.34. The zero-order valence-corrected chi connectivity index (χ0v) is 24.4. The topological polar surface area (TPSA) is 80.1 Å². The summed E-state index contributed by atoms with van der Waals surface area (Å²) in [4.78, 5) is 46.8. The number of rotatable bonds is 6. The van der Waals surface area contributed by atoms with Gasteiger partial charge in [0.05, 0.1) is 30.3 Å². The van der Waals surface area contributed by atoms with Crippen LogP contribution in [0.5, 0.6) is 5.75 Å². The van der Waals surface area contributed by atoms with Gasteiger partial charge in [-0.25, -0.2) is 0 Å². The van der Waals surface area contributed by atoms with Gasteiger partial charge in [-0.2, -0.15) is 0 Å². The van der Waals surface area contributed by atoms with Crippen molar-refractivity contribution in [1.82, 2.24) is 4.90 Å². The minimum Gasteiger partial charge on any atom is -0.497 e. The van der Waals surface area contributed by atoms with Crippen molar-refractivity contribution in [2.24, 2.45) is 0 Å². The molecule has 0 fully saturated rings. The van der Waals surface area contributed by atoms with Crippen LogP contribution in [0.1, 0.15) is 38.4 Å². The van der Waals surface area contributed by atoms with E-state index >= 15 is 0 Å². The first-order chi connectivity index (χ1) is 20.8. The van der Waals surface area contributed by atoms with Crippen molar-refractivity contribution in [1.29, 1.82) is 0 Å². The lowest BCUT2D eigenvalue weighted by molar-refractivity contribution is -0.126. The number of benzene rings is 4. The number of carbonyl (C=O) groups is 2. The Bertz CT molecular complexity index is 1980. The summed E-state index contributed by atoms with van der Waals surface area (Å²) in [7, 11) is 1.60. The first-order valence-corrected chi connectivity index (χ1v) is 14.4. The molecule has 8 heteroatoms. The highest BCUT2D eigenvalue weighted by Gasteiger charge is 2.64. The second-order valence-electron chi connectivity index (χ2n) is 10.9. The van der Waals surface area contributed by atoms with Gasteiger partial charge in [0.15, 0.2) is 11.0 Å². The molecule has 0 aliphatic carbocycles. The molecule has 5 aromatic rings. The molecule has 0 saturated carbocycles. The van der Waals surface area contributed by atoms with E-state index in [1.807, 2.05) is 73.7 Å². The monoisotopic (exact) mass is 590 g/mol. The molecule has 4 aromatic carbocycles. The van der Waals surface area contributed by atoms with Crippen molar-refractivity contribution in [3.05, 3.63) is 140 Å². The molecule has 43 heavy (non-hydrogen) atoms. The quantitative estimate of drug-likeness (QED) is 0.233. The third kappa shape index (κ3) is 4.07. The predicted octanol–water partition coefficient (Wildman–Crippen LogP) is 6.25. The number of nitrogens with zero attached hydrogens (tertiary/aromatic N) is 2. The van der Waals surface area contributed by atoms with Crippen molar-refractivity contribution >= 4 is 40.1 Å². The molecule has 1 atom stereocenters. The van der Waals surface area contributed by atoms with Crippen LogP contribution in [0.4, 0.5) is 5.69 Å². The Morgan fingerprint density at radius 3 is 2.35 bits per heavy atom. The Hall–Kier alpha value is -4.88. The molecule has 2 aliphatic rings. The second kappa shape index (κ2) is 10.1. The van der Waals surface area contributed by atoms with E-state index in [1.54, 1.807) is 36.3 Å². The predicted molar refractivity (Wildman–Crippen MR) is 165 cm³/mol.